The Bertz CT molecular complexity index is 604. The first-order chi connectivity index (χ1) is 9.08. The summed E-state index contributed by atoms with van der Waals surface area (Å²) in [5, 5.41) is 10.2. The molecule has 0 aliphatic carbocycles. The Kier molecular flexibility index (Phi) is 3.83. The minimum atomic E-state index is -0.912. The van der Waals surface area contributed by atoms with Gasteiger partial charge in [-0.2, -0.15) is 0 Å². The second-order valence-electron chi connectivity index (χ2n) is 4.75. The minimum absolute atomic E-state index is 0.169. The number of rotatable bonds is 5. The number of aromatic nitrogens is 3. The Morgan fingerprint density at radius 3 is 2.79 bits per heavy atom. The second kappa shape index (κ2) is 5.38. The van der Waals surface area contributed by atoms with Crippen LogP contribution in [0.25, 0.3) is 11.0 Å². The molecule has 0 aliphatic heterocycles. The lowest BCUT2D eigenvalue weighted by Gasteiger charge is -2.19. The number of carboxylic acid groups (broad SMARTS) is 1. The van der Waals surface area contributed by atoms with Crippen molar-refractivity contribution in [2.24, 2.45) is 0 Å². The summed E-state index contributed by atoms with van der Waals surface area (Å²) in [5.41, 5.74) is 1.03. The molecular formula is C14H19N3O2. The van der Waals surface area contributed by atoms with Crippen LogP contribution in [0.4, 0.5) is 0 Å². The first kappa shape index (κ1) is 13.5. The van der Waals surface area contributed by atoms with Crippen LogP contribution in [0, 0.1) is 6.92 Å². The van der Waals surface area contributed by atoms with Crippen LogP contribution in [0.5, 0.6) is 0 Å². The van der Waals surface area contributed by atoms with Crippen LogP contribution in [-0.2, 0) is 0 Å². The van der Waals surface area contributed by atoms with E-state index in [0.717, 1.165) is 30.3 Å². The van der Waals surface area contributed by atoms with Crippen LogP contribution >= 0.6 is 0 Å². The summed E-state index contributed by atoms with van der Waals surface area (Å²) in [6, 6.07) is 1.83. The molecule has 5 nitrogen and oxygen atoms in total. The first-order valence-corrected chi connectivity index (χ1v) is 6.66. The van der Waals surface area contributed by atoms with Gasteiger partial charge in [-0.1, -0.05) is 20.3 Å². The van der Waals surface area contributed by atoms with E-state index in [4.69, 9.17) is 0 Å². The lowest BCUT2D eigenvalue weighted by molar-refractivity contribution is 0.0682. The molecule has 0 amide bonds. The van der Waals surface area contributed by atoms with Gasteiger partial charge in [0, 0.05) is 17.6 Å². The number of carbonyl (C=O) groups is 1. The van der Waals surface area contributed by atoms with Gasteiger partial charge in [-0.25, -0.2) is 14.8 Å². The van der Waals surface area contributed by atoms with E-state index in [9.17, 15) is 9.90 Å². The number of carboxylic acids is 1. The van der Waals surface area contributed by atoms with Gasteiger partial charge in [0.05, 0.1) is 0 Å². The molecule has 2 rings (SSSR count). The maximum Gasteiger partial charge on any atom is 0.352 e. The fourth-order valence-electron chi connectivity index (χ4n) is 2.48. The topological polar surface area (TPSA) is 68.0 Å². The van der Waals surface area contributed by atoms with Gasteiger partial charge in [-0.05, 0) is 25.8 Å². The van der Waals surface area contributed by atoms with Crippen LogP contribution in [0.3, 0.4) is 0 Å². The molecule has 0 bridgehead atoms. The Morgan fingerprint density at radius 1 is 1.47 bits per heavy atom. The summed E-state index contributed by atoms with van der Waals surface area (Å²) in [6.07, 6.45) is 4.55. The molecule has 0 fully saturated rings. The van der Waals surface area contributed by atoms with Gasteiger partial charge in [0.2, 0.25) is 0 Å². The van der Waals surface area contributed by atoms with Crippen molar-refractivity contribution >= 4 is 17.0 Å². The molecule has 1 N–H and O–H groups in total. The molecular weight excluding hydrogens is 242 g/mol. The molecule has 102 valence electrons. The van der Waals surface area contributed by atoms with E-state index in [2.05, 4.69) is 23.8 Å². The van der Waals surface area contributed by atoms with E-state index in [1.165, 1.54) is 0 Å². The number of hydrogen-bond donors (Lipinski definition) is 1. The summed E-state index contributed by atoms with van der Waals surface area (Å²) in [6.45, 7) is 6.00. The number of nitrogens with zero attached hydrogens (tertiary/aromatic N) is 3. The highest BCUT2D eigenvalue weighted by Crippen LogP contribution is 2.27. The van der Waals surface area contributed by atoms with Crippen LogP contribution < -0.4 is 0 Å². The molecule has 19 heavy (non-hydrogen) atoms. The predicted molar refractivity (Wildman–Crippen MR) is 73.5 cm³/mol. The SMILES string of the molecule is CCCC(CC)n1c(C(=O)O)cc2cnc(C)nc21. The monoisotopic (exact) mass is 261 g/mol. The van der Waals surface area contributed by atoms with Crippen molar-refractivity contribution in [3.63, 3.8) is 0 Å². The summed E-state index contributed by atoms with van der Waals surface area (Å²) in [7, 11) is 0. The average molecular weight is 261 g/mol. The fraction of sp³-hybridized carbons (Fsp3) is 0.500. The summed E-state index contributed by atoms with van der Waals surface area (Å²) >= 11 is 0. The van der Waals surface area contributed by atoms with Gasteiger partial charge in [0.25, 0.3) is 0 Å². The van der Waals surface area contributed by atoms with E-state index in [-0.39, 0.29) is 6.04 Å². The molecule has 2 heterocycles. The smallest absolute Gasteiger partial charge is 0.352 e. The molecule has 1 unspecified atom stereocenters. The zero-order valence-electron chi connectivity index (χ0n) is 11.6. The normalized spacial score (nSPS) is 12.8. The van der Waals surface area contributed by atoms with Crippen molar-refractivity contribution in [3.05, 3.63) is 23.8 Å². The van der Waals surface area contributed by atoms with Crippen LogP contribution in [0.15, 0.2) is 12.3 Å². The van der Waals surface area contributed by atoms with Gasteiger partial charge in [-0.15, -0.1) is 0 Å². The Hall–Kier alpha value is -1.91. The molecule has 0 aromatic carbocycles. The number of fused-ring (bicyclic) bond motifs is 1. The Morgan fingerprint density at radius 2 is 2.21 bits per heavy atom. The largest absolute Gasteiger partial charge is 0.477 e. The van der Waals surface area contributed by atoms with Crippen molar-refractivity contribution < 1.29 is 9.90 Å². The summed E-state index contributed by atoms with van der Waals surface area (Å²) in [4.78, 5) is 20.0. The minimum Gasteiger partial charge on any atom is -0.477 e. The first-order valence-electron chi connectivity index (χ1n) is 6.66. The predicted octanol–water partition coefficient (Wildman–Crippen LogP) is 3.19. The number of aryl methyl sites for hydroxylation is 1. The quantitative estimate of drug-likeness (QED) is 0.897. The Balaban J connectivity index is 2.69. The second-order valence-corrected chi connectivity index (χ2v) is 4.75. The standard InChI is InChI=1S/C14H19N3O2/c1-4-6-11(5-2)17-12(14(18)19)7-10-8-15-9(3)16-13(10)17/h7-8,11H,4-6H2,1-3H3,(H,18,19). The fourth-order valence-corrected chi connectivity index (χ4v) is 2.48. The highest BCUT2D eigenvalue weighted by Gasteiger charge is 2.21. The Labute approximate surface area is 112 Å². The molecule has 0 radical (unpaired) electrons. The van der Waals surface area contributed by atoms with Crippen LogP contribution in [-0.4, -0.2) is 25.6 Å². The highest BCUT2D eigenvalue weighted by molar-refractivity contribution is 5.93. The van der Waals surface area contributed by atoms with E-state index in [1.54, 1.807) is 12.3 Å². The zero-order chi connectivity index (χ0) is 14.0. The molecule has 1 atom stereocenters. The van der Waals surface area contributed by atoms with Gasteiger partial charge >= 0.3 is 5.97 Å². The van der Waals surface area contributed by atoms with Crippen molar-refractivity contribution in [1.29, 1.82) is 0 Å². The van der Waals surface area contributed by atoms with Crippen molar-refractivity contribution in [2.45, 2.75) is 46.1 Å². The highest BCUT2D eigenvalue weighted by atomic mass is 16.4. The van der Waals surface area contributed by atoms with Crippen molar-refractivity contribution in [1.82, 2.24) is 14.5 Å². The third kappa shape index (κ3) is 2.45. The molecule has 2 aromatic rings. The molecule has 0 saturated heterocycles. The third-order valence-corrected chi connectivity index (χ3v) is 3.37. The van der Waals surface area contributed by atoms with Crippen molar-refractivity contribution in [3.8, 4) is 0 Å². The van der Waals surface area contributed by atoms with Gasteiger partial charge in [-0.3, -0.25) is 0 Å². The van der Waals surface area contributed by atoms with Crippen molar-refractivity contribution in [2.75, 3.05) is 0 Å². The molecule has 5 heteroatoms. The van der Waals surface area contributed by atoms with E-state index < -0.39 is 5.97 Å². The molecule has 0 spiro atoms. The van der Waals surface area contributed by atoms with E-state index in [0.29, 0.717) is 11.5 Å². The summed E-state index contributed by atoms with van der Waals surface area (Å²) in [5.74, 6) is -0.250. The molecule has 0 saturated carbocycles. The molecule has 2 aromatic heterocycles. The number of aromatic carboxylic acids is 1. The average Bonchev–Trinajstić information content (AvgIpc) is 2.74. The maximum atomic E-state index is 11.4. The molecule has 0 aliphatic rings. The number of hydrogen-bond acceptors (Lipinski definition) is 3. The van der Waals surface area contributed by atoms with Gasteiger partial charge < -0.3 is 9.67 Å². The van der Waals surface area contributed by atoms with Gasteiger partial charge in [0.15, 0.2) is 0 Å². The maximum absolute atomic E-state index is 11.4. The van der Waals surface area contributed by atoms with Crippen LogP contribution in [0.1, 0.15) is 55.5 Å². The lowest BCUT2D eigenvalue weighted by atomic mass is 10.1. The summed E-state index contributed by atoms with van der Waals surface area (Å²) < 4.78 is 1.86. The van der Waals surface area contributed by atoms with E-state index in [1.807, 2.05) is 11.5 Å². The lowest BCUT2D eigenvalue weighted by Crippen LogP contribution is -2.15. The van der Waals surface area contributed by atoms with Crippen LogP contribution in [0.2, 0.25) is 0 Å². The zero-order valence-corrected chi connectivity index (χ0v) is 11.6. The third-order valence-electron chi connectivity index (χ3n) is 3.37. The van der Waals surface area contributed by atoms with E-state index >= 15 is 0 Å². The van der Waals surface area contributed by atoms with Gasteiger partial charge in [0.1, 0.15) is 17.2 Å².